The van der Waals surface area contributed by atoms with Crippen molar-refractivity contribution in [1.82, 2.24) is 20.4 Å². The molecule has 4 rings (SSSR count). The number of ether oxygens (including phenoxy) is 1. The molecule has 3 atom stereocenters. The third kappa shape index (κ3) is 5.47. The molecule has 2 N–H and O–H groups in total. The number of piperazine rings is 1. The monoisotopic (exact) mass is 436 g/mol. The second kappa shape index (κ2) is 10.1. The van der Waals surface area contributed by atoms with Crippen LogP contribution in [-0.4, -0.2) is 73.5 Å². The fourth-order valence-electron chi connectivity index (χ4n) is 4.35. The van der Waals surface area contributed by atoms with Crippen LogP contribution in [0.15, 0.2) is 54.6 Å². The van der Waals surface area contributed by atoms with E-state index in [1.807, 2.05) is 62.6 Å². The van der Waals surface area contributed by atoms with Crippen molar-refractivity contribution in [2.75, 3.05) is 33.8 Å². The zero-order valence-corrected chi connectivity index (χ0v) is 18.8. The molecular formula is C25H32N4O3. The zero-order valence-electron chi connectivity index (χ0n) is 18.8. The molecule has 2 fully saturated rings. The largest absolute Gasteiger partial charge is 0.492 e. The Morgan fingerprint density at radius 1 is 1.09 bits per heavy atom. The Bertz CT molecular complexity index is 934. The number of nitrogens with zero attached hydrogens (tertiary/aromatic N) is 2. The highest BCUT2D eigenvalue weighted by atomic mass is 16.5. The van der Waals surface area contributed by atoms with Crippen LogP contribution in [-0.2, 0) is 22.6 Å². The molecule has 2 aliphatic rings. The predicted octanol–water partition coefficient (Wildman–Crippen LogP) is 1.43. The van der Waals surface area contributed by atoms with Crippen LogP contribution in [0.3, 0.4) is 0 Å². The Balaban J connectivity index is 1.31. The van der Waals surface area contributed by atoms with Crippen LogP contribution in [0.5, 0.6) is 5.75 Å². The van der Waals surface area contributed by atoms with Gasteiger partial charge in [0.2, 0.25) is 11.8 Å². The van der Waals surface area contributed by atoms with E-state index in [0.717, 1.165) is 23.4 Å². The number of carbonyl (C=O) groups is 2. The predicted molar refractivity (Wildman–Crippen MR) is 123 cm³/mol. The van der Waals surface area contributed by atoms with Crippen molar-refractivity contribution < 1.29 is 14.3 Å². The molecule has 2 saturated heterocycles. The summed E-state index contributed by atoms with van der Waals surface area (Å²) in [4.78, 5) is 29.6. The Morgan fingerprint density at radius 3 is 2.66 bits per heavy atom. The van der Waals surface area contributed by atoms with Crippen LogP contribution in [0.2, 0.25) is 0 Å². The number of fused-ring (bicyclic) bond motifs is 1. The Kier molecular flexibility index (Phi) is 7.07. The van der Waals surface area contributed by atoms with Crippen molar-refractivity contribution in [1.29, 1.82) is 0 Å². The number of benzene rings is 2. The molecule has 7 heteroatoms. The van der Waals surface area contributed by atoms with Crippen molar-refractivity contribution >= 4 is 11.8 Å². The molecule has 2 aromatic rings. The maximum Gasteiger partial charge on any atom is 0.246 e. The molecule has 0 aromatic heterocycles. The molecule has 2 amide bonds. The molecule has 0 bridgehead atoms. The second-order valence-corrected chi connectivity index (χ2v) is 8.87. The number of hydrogen-bond acceptors (Lipinski definition) is 5. The Labute approximate surface area is 189 Å². The fourth-order valence-corrected chi connectivity index (χ4v) is 4.35. The van der Waals surface area contributed by atoms with E-state index >= 15 is 0 Å². The van der Waals surface area contributed by atoms with Crippen molar-refractivity contribution in [3.05, 3.63) is 65.7 Å². The summed E-state index contributed by atoms with van der Waals surface area (Å²) < 4.78 is 5.82. The number of carbonyl (C=O) groups excluding carboxylic acids is 2. The molecular weight excluding hydrogens is 404 g/mol. The van der Waals surface area contributed by atoms with E-state index < -0.39 is 6.04 Å². The molecule has 0 aliphatic carbocycles. The second-order valence-electron chi connectivity index (χ2n) is 8.87. The van der Waals surface area contributed by atoms with Gasteiger partial charge in [0.25, 0.3) is 0 Å². The topological polar surface area (TPSA) is 73.9 Å². The highest BCUT2D eigenvalue weighted by Gasteiger charge is 2.46. The third-order valence-electron chi connectivity index (χ3n) is 6.08. The van der Waals surface area contributed by atoms with E-state index in [9.17, 15) is 9.59 Å². The van der Waals surface area contributed by atoms with Crippen molar-refractivity contribution in [3.63, 3.8) is 0 Å². The normalized spacial score (nSPS) is 22.7. The first-order chi connectivity index (χ1) is 15.5. The van der Waals surface area contributed by atoms with Gasteiger partial charge >= 0.3 is 0 Å². The van der Waals surface area contributed by atoms with Gasteiger partial charge in [0.1, 0.15) is 24.4 Å². The van der Waals surface area contributed by atoms with Crippen LogP contribution >= 0.6 is 0 Å². The first kappa shape index (κ1) is 22.3. The molecule has 0 radical (unpaired) electrons. The summed E-state index contributed by atoms with van der Waals surface area (Å²) in [6, 6.07) is 17.1. The third-order valence-corrected chi connectivity index (χ3v) is 6.08. The lowest BCUT2D eigenvalue weighted by Crippen LogP contribution is -2.61. The van der Waals surface area contributed by atoms with Gasteiger partial charge in [-0.15, -0.1) is 0 Å². The number of likely N-dealkylation sites (N-methyl/N-ethyl adjacent to an activating group) is 1. The minimum atomic E-state index is -0.490. The van der Waals surface area contributed by atoms with E-state index in [-0.39, 0.29) is 23.9 Å². The number of hydrogen-bond donors (Lipinski definition) is 2. The van der Waals surface area contributed by atoms with Gasteiger partial charge in [-0.3, -0.25) is 9.59 Å². The van der Waals surface area contributed by atoms with Gasteiger partial charge in [0, 0.05) is 32.1 Å². The molecule has 0 saturated carbocycles. The maximum atomic E-state index is 13.0. The van der Waals surface area contributed by atoms with Crippen molar-refractivity contribution in [2.24, 2.45) is 0 Å². The van der Waals surface area contributed by atoms with E-state index in [0.29, 0.717) is 32.5 Å². The lowest BCUT2D eigenvalue weighted by atomic mass is 10.0. The number of nitrogens with one attached hydrogen (secondary N) is 2. The van der Waals surface area contributed by atoms with Crippen LogP contribution in [0.25, 0.3) is 0 Å². The summed E-state index contributed by atoms with van der Waals surface area (Å²) in [6.07, 6.45) is 1.15. The Hall–Kier alpha value is -2.90. The van der Waals surface area contributed by atoms with Gasteiger partial charge in [-0.2, -0.15) is 0 Å². The number of rotatable bonds is 9. The fraction of sp³-hybridized carbons (Fsp3) is 0.440. The van der Waals surface area contributed by atoms with Gasteiger partial charge in [-0.25, -0.2) is 0 Å². The SMILES string of the molecule is CN(C)CCOc1cccc(CN[C@H]2C[C@H]3C(=O)N[C@H](Cc4ccccc4)C(=O)N3C2)c1. The standard InChI is InChI=1S/C25H32N4O3/c1-28(2)11-12-32-21-10-6-9-19(13-21)16-26-20-15-23-24(30)27-22(25(31)29(23)17-20)14-18-7-4-3-5-8-18/h3-10,13,20,22-23,26H,11-12,14-17H2,1-2H3,(H,27,30)/t20-,22+,23-/m0/s1. The summed E-state index contributed by atoms with van der Waals surface area (Å²) >= 11 is 0. The molecule has 0 unspecified atom stereocenters. The molecule has 32 heavy (non-hydrogen) atoms. The smallest absolute Gasteiger partial charge is 0.246 e. The Morgan fingerprint density at radius 2 is 1.88 bits per heavy atom. The first-order valence-corrected chi connectivity index (χ1v) is 11.2. The van der Waals surface area contributed by atoms with E-state index in [4.69, 9.17) is 4.74 Å². The van der Waals surface area contributed by atoms with E-state index in [2.05, 4.69) is 21.6 Å². The summed E-state index contributed by atoms with van der Waals surface area (Å²) in [5.74, 6) is 0.818. The zero-order chi connectivity index (χ0) is 22.5. The minimum Gasteiger partial charge on any atom is -0.492 e. The highest BCUT2D eigenvalue weighted by Crippen LogP contribution is 2.24. The molecule has 2 aromatic carbocycles. The average molecular weight is 437 g/mol. The van der Waals surface area contributed by atoms with Gasteiger partial charge in [-0.1, -0.05) is 42.5 Å². The maximum absolute atomic E-state index is 13.0. The molecule has 170 valence electrons. The van der Waals surface area contributed by atoms with Crippen molar-refractivity contribution in [2.45, 2.75) is 37.5 Å². The quantitative estimate of drug-likeness (QED) is 0.622. The highest BCUT2D eigenvalue weighted by molar-refractivity contribution is 5.97. The molecule has 7 nitrogen and oxygen atoms in total. The summed E-state index contributed by atoms with van der Waals surface area (Å²) in [6.45, 7) is 2.73. The average Bonchev–Trinajstić information content (AvgIpc) is 3.22. The molecule has 0 spiro atoms. The van der Waals surface area contributed by atoms with Crippen LogP contribution in [0.1, 0.15) is 17.5 Å². The van der Waals surface area contributed by atoms with Gasteiger partial charge in [0.05, 0.1) is 0 Å². The summed E-state index contributed by atoms with van der Waals surface area (Å²) in [5, 5.41) is 6.46. The summed E-state index contributed by atoms with van der Waals surface area (Å²) in [5.41, 5.74) is 2.17. The molecule has 2 heterocycles. The van der Waals surface area contributed by atoms with E-state index in [1.165, 1.54) is 0 Å². The van der Waals surface area contributed by atoms with Crippen LogP contribution in [0, 0.1) is 0 Å². The van der Waals surface area contributed by atoms with E-state index in [1.54, 1.807) is 4.90 Å². The first-order valence-electron chi connectivity index (χ1n) is 11.2. The van der Waals surface area contributed by atoms with Gasteiger partial charge < -0.3 is 25.2 Å². The van der Waals surface area contributed by atoms with Gasteiger partial charge in [-0.05, 0) is 43.8 Å². The number of amides is 2. The van der Waals surface area contributed by atoms with Crippen molar-refractivity contribution in [3.8, 4) is 5.75 Å². The lowest BCUT2D eigenvalue weighted by Gasteiger charge is -2.34. The van der Waals surface area contributed by atoms with Crippen LogP contribution in [0.4, 0.5) is 0 Å². The summed E-state index contributed by atoms with van der Waals surface area (Å²) in [7, 11) is 4.04. The minimum absolute atomic E-state index is 0.0130. The molecule has 2 aliphatic heterocycles. The van der Waals surface area contributed by atoms with Gasteiger partial charge in [0.15, 0.2) is 0 Å². The van der Waals surface area contributed by atoms with Crippen LogP contribution < -0.4 is 15.4 Å². The lowest BCUT2D eigenvalue weighted by molar-refractivity contribution is -0.147.